The van der Waals surface area contributed by atoms with Crippen LogP contribution in [0.4, 0.5) is 11.4 Å². The molecule has 1 saturated carbocycles. The zero-order chi connectivity index (χ0) is 20.2. The van der Waals surface area contributed by atoms with E-state index in [1.807, 2.05) is 18.2 Å². The predicted octanol–water partition coefficient (Wildman–Crippen LogP) is 5.73. The number of amides is 2. The summed E-state index contributed by atoms with van der Waals surface area (Å²) in [7, 11) is 0. The molecule has 0 aromatic heterocycles. The second kappa shape index (κ2) is 8.37. The maximum atomic E-state index is 12.8. The molecule has 0 bridgehead atoms. The van der Waals surface area contributed by atoms with E-state index < -0.39 is 0 Å². The van der Waals surface area contributed by atoms with E-state index in [2.05, 4.69) is 10.6 Å². The lowest BCUT2D eigenvalue weighted by Crippen LogP contribution is -2.15. The van der Waals surface area contributed by atoms with Crippen molar-refractivity contribution in [2.75, 3.05) is 10.6 Å². The van der Waals surface area contributed by atoms with Crippen molar-refractivity contribution in [1.29, 1.82) is 0 Å². The minimum atomic E-state index is -0.303. The lowest BCUT2D eigenvalue weighted by atomic mass is 10.1. The fraction of sp³-hybridized carbons (Fsp3) is 0.130. The fourth-order valence-electron chi connectivity index (χ4n) is 2.83. The topological polar surface area (TPSA) is 67.4 Å². The first-order chi connectivity index (χ1) is 14.1. The highest BCUT2D eigenvalue weighted by atomic mass is 35.5. The van der Waals surface area contributed by atoms with E-state index in [1.54, 1.807) is 54.6 Å². The number of carbonyl (C=O) groups excluding carboxylic acids is 2. The van der Waals surface area contributed by atoms with Crippen LogP contribution >= 0.6 is 11.6 Å². The maximum Gasteiger partial charge on any atom is 0.255 e. The average molecular weight is 407 g/mol. The van der Waals surface area contributed by atoms with Gasteiger partial charge in [0.15, 0.2) is 5.75 Å². The molecule has 0 saturated heterocycles. The summed E-state index contributed by atoms with van der Waals surface area (Å²) in [6.45, 7) is 0. The van der Waals surface area contributed by atoms with Crippen LogP contribution in [0.1, 0.15) is 23.2 Å². The van der Waals surface area contributed by atoms with Crippen LogP contribution in [0.2, 0.25) is 5.02 Å². The van der Waals surface area contributed by atoms with Crippen molar-refractivity contribution in [2.45, 2.75) is 12.8 Å². The van der Waals surface area contributed by atoms with E-state index in [4.69, 9.17) is 16.3 Å². The standard InChI is InChI=1S/C23H19ClN2O3/c24-18-8-1-3-10-20(18)29-21-11-4-2-9-19(21)26-23(28)16-6-5-7-17(14-16)25-22(27)15-12-13-15/h1-11,14-15H,12-13H2,(H,25,27)(H,26,28). The Bertz CT molecular complexity index is 1060. The van der Waals surface area contributed by atoms with Crippen LogP contribution in [0.3, 0.4) is 0 Å². The molecule has 3 aromatic rings. The smallest absolute Gasteiger partial charge is 0.255 e. The van der Waals surface area contributed by atoms with E-state index in [0.717, 1.165) is 12.8 Å². The van der Waals surface area contributed by atoms with Crippen molar-refractivity contribution in [3.63, 3.8) is 0 Å². The molecule has 29 heavy (non-hydrogen) atoms. The Hall–Kier alpha value is -3.31. The Morgan fingerprint density at radius 2 is 1.59 bits per heavy atom. The minimum absolute atomic E-state index is 0.000966. The molecule has 1 aliphatic carbocycles. The Morgan fingerprint density at radius 3 is 2.34 bits per heavy atom. The van der Waals surface area contributed by atoms with Crippen LogP contribution in [0.5, 0.6) is 11.5 Å². The van der Waals surface area contributed by atoms with Gasteiger partial charge in [0.1, 0.15) is 5.75 Å². The third-order valence-electron chi connectivity index (χ3n) is 4.53. The molecule has 2 amide bonds. The molecule has 3 aromatic carbocycles. The minimum Gasteiger partial charge on any atom is -0.454 e. The van der Waals surface area contributed by atoms with E-state index in [1.165, 1.54) is 0 Å². The number of para-hydroxylation sites is 3. The number of hydrogen-bond donors (Lipinski definition) is 2. The molecule has 2 N–H and O–H groups in total. The monoisotopic (exact) mass is 406 g/mol. The van der Waals surface area contributed by atoms with Gasteiger partial charge in [-0.15, -0.1) is 0 Å². The van der Waals surface area contributed by atoms with E-state index in [0.29, 0.717) is 33.5 Å². The number of hydrogen-bond acceptors (Lipinski definition) is 3. The van der Waals surface area contributed by atoms with Gasteiger partial charge in [-0.05, 0) is 55.3 Å². The van der Waals surface area contributed by atoms with Gasteiger partial charge in [0.2, 0.25) is 5.91 Å². The molecule has 4 rings (SSSR count). The van der Waals surface area contributed by atoms with Gasteiger partial charge in [-0.2, -0.15) is 0 Å². The third-order valence-corrected chi connectivity index (χ3v) is 4.84. The first-order valence-electron chi connectivity index (χ1n) is 9.34. The first-order valence-corrected chi connectivity index (χ1v) is 9.71. The SMILES string of the molecule is O=C(Nc1ccccc1Oc1ccccc1Cl)c1cccc(NC(=O)C2CC2)c1. The second-order valence-corrected chi connectivity index (χ2v) is 7.23. The third kappa shape index (κ3) is 4.76. The van der Waals surface area contributed by atoms with E-state index >= 15 is 0 Å². The molecule has 0 spiro atoms. The van der Waals surface area contributed by atoms with Crippen LogP contribution in [0.25, 0.3) is 0 Å². The normalized spacial score (nSPS) is 12.9. The second-order valence-electron chi connectivity index (χ2n) is 6.83. The largest absolute Gasteiger partial charge is 0.454 e. The molecule has 5 nitrogen and oxygen atoms in total. The number of carbonyl (C=O) groups is 2. The Kier molecular flexibility index (Phi) is 5.49. The molecule has 1 fully saturated rings. The summed E-state index contributed by atoms with van der Waals surface area (Å²) in [6, 6.07) is 21.1. The quantitative estimate of drug-likeness (QED) is 0.549. The van der Waals surface area contributed by atoms with Crippen molar-refractivity contribution in [3.8, 4) is 11.5 Å². The number of nitrogens with one attached hydrogen (secondary N) is 2. The summed E-state index contributed by atoms with van der Waals surface area (Å²) in [5.41, 5.74) is 1.56. The van der Waals surface area contributed by atoms with Gasteiger partial charge < -0.3 is 15.4 Å². The number of anilines is 2. The Morgan fingerprint density at radius 1 is 0.862 bits per heavy atom. The zero-order valence-electron chi connectivity index (χ0n) is 15.5. The fourth-order valence-corrected chi connectivity index (χ4v) is 3.00. The number of ether oxygens (including phenoxy) is 1. The van der Waals surface area contributed by atoms with Crippen LogP contribution in [-0.2, 0) is 4.79 Å². The summed E-state index contributed by atoms with van der Waals surface area (Å²) >= 11 is 6.17. The van der Waals surface area contributed by atoms with Crippen molar-refractivity contribution >= 4 is 34.8 Å². The summed E-state index contributed by atoms with van der Waals surface area (Å²) < 4.78 is 5.88. The van der Waals surface area contributed by atoms with Gasteiger partial charge in [-0.3, -0.25) is 9.59 Å². The highest BCUT2D eigenvalue weighted by Crippen LogP contribution is 2.34. The summed E-state index contributed by atoms with van der Waals surface area (Å²) in [6.07, 6.45) is 1.85. The van der Waals surface area contributed by atoms with Gasteiger partial charge >= 0.3 is 0 Å². The van der Waals surface area contributed by atoms with Crippen LogP contribution in [0.15, 0.2) is 72.8 Å². The van der Waals surface area contributed by atoms with Crippen molar-refractivity contribution in [3.05, 3.63) is 83.4 Å². The molecule has 6 heteroatoms. The van der Waals surface area contributed by atoms with Gasteiger partial charge in [-0.25, -0.2) is 0 Å². The number of benzene rings is 3. The van der Waals surface area contributed by atoms with Gasteiger partial charge in [0, 0.05) is 17.2 Å². The first kappa shape index (κ1) is 19.0. The molecule has 146 valence electrons. The maximum absolute atomic E-state index is 12.8. The highest BCUT2D eigenvalue weighted by Gasteiger charge is 2.29. The predicted molar refractivity (Wildman–Crippen MR) is 114 cm³/mol. The van der Waals surface area contributed by atoms with Gasteiger partial charge in [-0.1, -0.05) is 41.9 Å². The van der Waals surface area contributed by atoms with Gasteiger partial charge in [0.25, 0.3) is 5.91 Å². The molecular weight excluding hydrogens is 388 g/mol. The van der Waals surface area contributed by atoms with Crippen LogP contribution in [-0.4, -0.2) is 11.8 Å². The lowest BCUT2D eigenvalue weighted by molar-refractivity contribution is -0.117. The van der Waals surface area contributed by atoms with Crippen LogP contribution < -0.4 is 15.4 Å². The Balaban J connectivity index is 1.50. The average Bonchev–Trinajstić information content (AvgIpc) is 3.57. The van der Waals surface area contributed by atoms with Crippen LogP contribution in [0, 0.1) is 5.92 Å². The molecule has 0 atom stereocenters. The zero-order valence-corrected chi connectivity index (χ0v) is 16.3. The molecule has 1 aliphatic rings. The molecule has 0 unspecified atom stereocenters. The molecule has 0 radical (unpaired) electrons. The van der Waals surface area contributed by atoms with E-state index in [9.17, 15) is 9.59 Å². The van der Waals surface area contributed by atoms with Crippen molar-refractivity contribution in [1.82, 2.24) is 0 Å². The highest BCUT2D eigenvalue weighted by molar-refractivity contribution is 6.32. The Labute approximate surface area is 173 Å². The molecule has 0 aliphatic heterocycles. The molecule has 0 heterocycles. The lowest BCUT2D eigenvalue weighted by Gasteiger charge is -2.13. The van der Waals surface area contributed by atoms with Crippen molar-refractivity contribution < 1.29 is 14.3 Å². The summed E-state index contributed by atoms with van der Waals surface area (Å²) in [5.74, 6) is 0.776. The van der Waals surface area contributed by atoms with Gasteiger partial charge in [0.05, 0.1) is 10.7 Å². The molecular formula is C23H19ClN2O3. The number of rotatable bonds is 6. The summed E-state index contributed by atoms with van der Waals surface area (Å²) in [5, 5.41) is 6.20. The number of halogens is 1. The van der Waals surface area contributed by atoms with E-state index in [-0.39, 0.29) is 17.7 Å². The van der Waals surface area contributed by atoms with Crippen molar-refractivity contribution in [2.24, 2.45) is 5.92 Å². The summed E-state index contributed by atoms with van der Waals surface area (Å²) in [4.78, 5) is 24.7.